The predicted molar refractivity (Wildman–Crippen MR) is 133 cm³/mol. The Morgan fingerprint density at radius 3 is 2.55 bits per heavy atom. The quantitative estimate of drug-likeness (QED) is 0.302. The molecule has 0 radical (unpaired) electrons. The second-order valence-corrected chi connectivity index (χ2v) is 8.31. The summed E-state index contributed by atoms with van der Waals surface area (Å²) in [5.74, 6) is 1.85. The lowest BCUT2D eigenvalue weighted by Crippen LogP contribution is -2.28. The van der Waals surface area contributed by atoms with E-state index in [0.717, 1.165) is 47.6 Å². The van der Waals surface area contributed by atoms with E-state index in [0.29, 0.717) is 24.6 Å². The zero-order valence-corrected chi connectivity index (χ0v) is 19.3. The molecule has 1 amide bonds. The Morgan fingerprint density at radius 1 is 0.939 bits per heavy atom. The van der Waals surface area contributed by atoms with Crippen LogP contribution in [0.1, 0.15) is 24.2 Å². The SMILES string of the molecule is O=C(Cc1ccccc1Cl)NCCc1nc2ccccc2n1CCCCOc1ccccc1. The monoisotopic (exact) mass is 461 g/mol. The van der Waals surface area contributed by atoms with Crippen LogP contribution in [0.5, 0.6) is 5.75 Å². The van der Waals surface area contributed by atoms with Gasteiger partial charge >= 0.3 is 0 Å². The number of aryl methyl sites for hydroxylation is 1. The molecule has 1 heterocycles. The van der Waals surface area contributed by atoms with Crippen molar-refractivity contribution in [2.45, 2.75) is 32.2 Å². The summed E-state index contributed by atoms with van der Waals surface area (Å²) in [6.45, 7) is 2.08. The molecule has 0 atom stereocenters. The number of carbonyl (C=O) groups excluding carboxylic acids is 1. The highest BCUT2D eigenvalue weighted by Gasteiger charge is 2.11. The number of aromatic nitrogens is 2. The van der Waals surface area contributed by atoms with Crippen LogP contribution in [0.4, 0.5) is 0 Å². The van der Waals surface area contributed by atoms with Crippen molar-refractivity contribution in [3.63, 3.8) is 0 Å². The third-order valence-corrected chi connectivity index (χ3v) is 5.87. The first-order valence-electron chi connectivity index (χ1n) is 11.3. The van der Waals surface area contributed by atoms with Gasteiger partial charge in [-0.3, -0.25) is 4.79 Å². The lowest BCUT2D eigenvalue weighted by molar-refractivity contribution is -0.120. The molecule has 4 rings (SSSR count). The van der Waals surface area contributed by atoms with Gasteiger partial charge in [0, 0.05) is 24.5 Å². The van der Waals surface area contributed by atoms with E-state index in [1.807, 2.05) is 66.7 Å². The number of fused-ring (bicyclic) bond motifs is 1. The number of amides is 1. The number of nitrogens with zero attached hydrogens (tertiary/aromatic N) is 2. The van der Waals surface area contributed by atoms with Gasteiger partial charge in [0.1, 0.15) is 11.6 Å². The smallest absolute Gasteiger partial charge is 0.224 e. The average molecular weight is 462 g/mol. The lowest BCUT2D eigenvalue weighted by atomic mass is 10.1. The highest BCUT2D eigenvalue weighted by Crippen LogP contribution is 2.18. The summed E-state index contributed by atoms with van der Waals surface area (Å²) in [7, 11) is 0. The van der Waals surface area contributed by atoms with Crippen LogP contribution >= 0.6 is 11.6 Å². The molecule has 1 N–H and O–H groups in total. The normalized spacial score (nSPS) is 10.9. The van der Waals surface area contributed by atoms with Crippen LogP contribution in [-0.2, 0) is 24.2 Å². The number of imidazole rings is 1. The summed E-state index contributed by atoms with van der Waals surface area (Å²) in [5.41, 5.74) is 2.94. The molecule has 0 aliphatic rings. The second-order valence-electron chi connectivity index (χ2n) is 7.91. The summed E-state index contributed by atoms with van der Waals surface area (Å²) in [6.07, 6.45) is 2.88. The Kier molecular flexibility index (Phi) is 7.99. The molecule has 5 nitrogen and oxygen atoms in total. The number of carbonyl (C=O) groups is 1. The molecule has 0 aliphatic carbocycles. The fraction of sp³-hybridized carbons (Fsp3) is 0.259. The minimum absolute atomic E-state index is 0.0381. The summed E-state index contributed by atoms with van der Waals surface area (Å²) < 4.78 is 8.07. The van der Waals surface area contributed by atoms with Crippen LogP contribution in [0.2, 0.25) is 5.02 Å². The van der Waals surface area contributed by atoms with Crippen LogP contribution in [0.25, 0.3) is 11.0 Å². The van der Waals surface area contributed by atoms with Crippen molar-refractivity contribution in [1.29, 1.82) is 0 Å². The number of halogens is 1. The Bertz CT molecular complexity index is 1190. The lowest BCUT2D eigenvalue weighted by Gasteiger charge is -2.11. The number of unbranched alkanes of at least 4 members (excludes halogenated alkanes) is 1. The van der Waals surface area contributed by atoms with Gasteiger partial charge in [-0.25, -0.2) is 4.98 Å². The van der Waals surface area contributed by atoms with Gasteiger partial charge in [-0.15, -0.1) is 0 Å². The van der Waals surface area contributed by atoms with Gasteiger partial charge in [-0.05, 0) is 48.7 Å². The van der Waals surface area contributed by atoms with E-state index < -0.39 is 0 Å². The van der Waals surface area contributed by atoms with Crippen LogP contribution in [0.15, 0.2) is 78.9 Å². The number of hydrogen-bond acceptors (Lipinski definition) is 3. The van der Waals surface area contributed by atoms with E-state index in [1.54, 1.807) is 6.07 Å². The fourth-order valence-electron chi connectivity index (χ4n) is 3.84. The highest BCUT2D eigenvalue weighted by molar-refractivity contribution is 6.31. The van der Waals surface area contributed by atoms with Crippen molar-refractivity contribution >= 4 is 28.5 Å². The number of nitrogens with one attached hydrogen (secondary N) is 1. The number of ether oxygens (including phenoxy) is 1. The minimum Gasteiger partial charge on any atom is -0.494 e. The summed E-state index contributed by atoms with van der Waals surface area (Å²) >= 11 is 6.17. The van der Waals surface area contributed by atoms with Crippen molar-refractivity contribution in [3.05, 3.63) is 95.3 Å². The van der Waals surface area contributed by atoms with Crippen LogP contribution in [0, 0.1) is 0 Å². The van der Waals surface area contributed by atoms with Crippen molar-refractivity contribution in [2.75, 3.05) is 13.2 Å². The van der Waals surface area contributed by atoms with Gasteiger partial charge in [0.05, 0.1) is 24.1 Å². The topological polar surface area (TPSA) is 56.2 Å². The minimum atomic E-state index is -0.0381. The van der Waals surface area contributed by atoms with Gasteiger partial charge in [0.25, 0.3) is 0 Å². The molecule has 1 aromatic heterocycles. The molecule has 0 aliphatic heterocycles. The second kappa shape index (κ2) is 11.5. The van der Waals surface area contributed by atoms with Crippen molar-refractivity contribution in [2.24, 2.45) is 0 Å². The first kappa shape index (κ1) is 22.9. The van der Waals surface area contributed by atoms with E-state index in [1.165, 1.54) is 0 Å². The summed E-state index contributed by atoms with van der Waals surface area (Å²) in [4.78, 5) is 17.2. The van der Waals surface area contributed by atoms with Gasteiger partial charge in [0.2, 0.25) is 5.91 Å². The summed E-state index contributed by atoms with van der Waals surface area (Å²) in [6, 6.07) is 25.5. The maximum Gasteiger partial charge on any atom is 0.224 e. The van der Waals surface area contributed by atoms with Gasteiger partial charge in [0.15, 0.2) is 0 Å². The zero-order valence-electron chi connectivity index (χ0n) is 18.5. The highest BCUT2D eigenvalue weighted by atomic mass is 35.5. The Morgan fingerprint density at radius 2 is 1.70 bits per heavy atom. The molecule has 0 saturated carbocycles. The largest absolute Gasteiger partial charge is 0.494 e. The molecule has 0 saturated heterocycles. The Labute approximate surface area is 199 Å². The number of rotatable bonds is 11. The molecule has 33 heavy (non-hydrogen) atoms. The molecule has 3 aromatic carbocycles. The van der Waals surface area contributed by atoms with Gasteiger partial charge in [-0.1, -0.05) is 60.1 Å². The van der Waals surface area contributed by atoms with E-state index in [2.05, 4.69) is 16.0 Å². The van der Waals surface area contributed by atoms with Crippen molar-refractivity contribution < 1.29 is 9.53 Å². The molecule has 4 aromatic rings. The molecular formula is C27H28ClN3O2. The van der Waals surface area contributed by atoms with Crippen LogP contribution in [0.3, 0.4) is 0 Å². The average Bonchev–Trinajstić information content (AvgIpc) is 3.18. The zero-order chi connectivity index (χ0) is 22.9. The van der Waals surface area contributed by atoms with Crippen LogP contribution in [-0.4, -0.2) is 28.6 Å². The maximum absolute atomic E-state index is 12.4. The Hall–Kier alpha value is -3.31. The van der Waals surface area contributed by atoms with E-state index >= 15 is 0 Å². The van der Waals surface area contributed by atoms with E-state index in [9.17, 15) is 4.79 Å². The van der Waals surface area contributed by atoms with Gasteiger partial charge in [-0.2, -0.15) is 0 Å². The van der Waals surface area contributed by atoms with Gasteiger partial charge < -0.3 is 14.6 Å². The van der Waals surface area contributed by atoms with Crippen molar-refractivity contribution in [3.8, 4) is 5.75 Å². The maximum atomic E-state index is 12.4. The molecule has 6 heteroatoms. The molecular weight excluding hydrogens is 434 g/mol. The molecule has 0 unspecified atom stereocenters. The third-order valence-electron chi connectivity index (χ3n) is 5.50. The number of hydrogen-bond donors (Lipinski definition) is 1. The van der Waals surface area contributed by atoms with Crippen molar-refractivity contribution in [1.82, 2.24) is 14.9 Å². The Balaban J connectivity index is 1.31. The first-order valence-corrected chi connectivity index (χ1v) is 11.7. The first-order chi connectivity index (χ1) is 16.2. The molecule has 170 valence electrons. The van der Waals surface area contributed by atoms with Crippen LogP contribution < -0.4 is 10.1 Å². The van der Waals surface area contributed by atoms with E-state index in [4.69, 9.17) is 21.3 Å². The van der Waals surface area contributed by atoms with E-state index in [-0.39, 0.29) is 12.3 Å². The number of benzene rings is 3. The standard InChI is InChI=1S/C27H28ClN3O2/c28-23-13-5-4-10-21(23)20-27(32)29-17-16-26-30-24-14-6-7-15-25(24)31(26)18-8-9-19-33-22-11-2-1-3-12-22/h1-7,10-15H,8-9,16-20H2,(H,29,32). The summed E-state index contributed by atoms with van der Waals surface area (Å²) in [5, 5.41) is 3.62. The molecule has 0 bridgehead atoms. The molecule has 0 fully saturated rings. The third kappa shape index (κ3) is 6.36. The molecule has 0 spiro atoms. The number of para-hydroxylation sites is 3. The predicted octanol–water partition coefficient (Wildman–Crippen LogP) is 5.45. The fourth-order valence-corrected chi connectivity index (χ4v) is 4.04.